The number of amides is 1. The minimum absolute atomic E-state index is 0.0686. The van der Waals surface area contributed by atoms with Gasteiger partial charge < -0.3 is 9.64 Å². The van der Waals surface area contributed by atoms with Crippen LogP contribution in [0.1, 0.15) is 35.3 Å². The standard InChI is InChI=1S/C21H25NO3/c1-3-22(4-2)21(24)19-13-10-17(11-14-19)9-12-18-7-5-6-8-20(18)25-16-15-23/h5-8,10-11,13-15H,3-4,9,12,16H2,1-2H3. The van der Waals surface area contributed by atoms with Crippen LogP contribution in [0, 0.1) is 0 Å². The summed E-state index contributed by atoms with van der Waals surface area (Å²) in [5, 5.41) is 0. The fraction of sp³-hybridized carbons (Fsp3) is 0.333. The Labute approximate surface area is 149 Å². The van der Waals surface area contributed by atoms with Gasteiger partial charge in [0.1, 0.15) is 12.4 Å². The maximum Gasteiger partial charge on any atom is 0.253 e. The molecule has 132 valence electrons. The molecule has 2 aromatic rings. The van der Waals surface area contributed by atoms with Gasteiger partial charge in [0.15, 0.2) is 6.29 Å². The molecule has 0 N–H and O–H groups in total. The van der Waals surface area contributed by atoms with E-state index in [0.29, 0.717) is 13.1 Å². The van der Waals surface area contributed by atoms with E-state index in [-0.39, 0.29) is 12.5 Å². The smallest absolute Gasteiger partial charge is 0.253 e. The van der Waals surface area contributed by atoms with Gasteiger partial charge in [-0.15, -0.1) is 0 Å². The van der Waals surface area contributed by atoms with Crippen LogP contribution in [0.3, 0.4) is 0 Å². The Balaban J connectivity index is 2.00. The largest absolute Gasteiger partial charge is 0.486 e. The minimum Gasteiger partial charge on any atom is -0.486 e. The first kappa shape index (κ1) is 18.7. The Morgan fingerprint density at radius 3 is 2.32 bits per heavy atom. The SMILES string of the molecule is CCN(CC)C(=O)c1ccc(CCc2ccccc2OCC=O)cc1. The van der Waals surface area contributed by atoms with Crippen LogP contribution < -0.4 is 4.74 Å². The summed E-state index contributed by atoms with van der Waals surface area (Å²) in [4.78, 5) is 24.6. The number of nitrogens with zero attached hydrogens (tertiary/aromatic N) is 1. The summed E-state index contributed by atoms with van der Waals surface area (Å²) in [6.07, 6.45) is 2.42. The topological polar surface area (TPSA) is 46.6 Å². The highest BCUT2D eigenvalue weighted by Crippen LogP contribution is 2.20. The predicted molar refractivity (Wildman–Crippen MR) is 99.1 cm³/mol. The molecule has 0 aliphatic heterocycles. The van der Waals surface area contributed by atoms with E-state index < -0.39 is 0 Å². The predicted octanol–water partition coefficient (Wildman–Crippen LogP) is 3.53. The van der Waals surface area contributed by atoms with Crippen molar-refractivity contribution in [3.63, 3.8) is 0 Å². The van der Waals surface area contributed by atoms with E-state index in [1.807, 2.05) is 67.3 Å². The average Bonchev–Trinajstić information content (AvgIpc) is 2.66. The quantitative estimate of drug-likeness (QED) is 0.657. The molecular formula is C21H25NO3. The molecule has 0 saturated heterocycles. The number of carbonyl (C=O) groups is 2. The zero-order chi connectivity index (χ0) is 18.1. The Kier molecular flexibility index (Phi) is 7.20. The molecule has 2 aromatic carbocycles. The van der Waals surface area contributed by atoms with E-state index >= 15 is 0 Å². The van der Waals surface area contributed by atoms with Gasteiger partial charge in [-0.05, 0) is 56.0 Å². The number of para-hydroxylation sites is 1. The van der Waals surface area contributed by atoms with E-state index in [0.717, 1.165) is 36.0 Å². The molecule has 0 atom stereocenters. The third-order valence-electron chi connectivity index (χ3n) is 4.21. The molecule has 0 aliphatic rings. The van der Waals surface area contributed by atoms with Gasteiger partial charge in [-0.25, -0.2) is 0 Å². The molecule has 2 rings (SSSR count). The third-order valence-corrected chi connectivity index (χ3v) is 4.21. The highest BCUT2D eigenvalue weighted by atomic mass is 16.5. The highest BCUT2D eigenvalue weighted by Gasteiger charge is 2.12. The zero-order valence-corrected chi connectivity index (χ0v) is 14.9. The van der Waals surface area contributed by atoms with Crippen molar-refractivity contribution in [1.29, 1.82) is 0 Å². The van der Waals surface area contributed by atoms with Crippen molar-refractivity contribution < 1.29 is 14.3 Å². The normalized spacial score (nSPS) is 10.3. The second kappa shape index (κ2) is 9.62. The summed E-state index contributed by atoms with van der Waals surface area (Å²) in [5.41, 5.74) is 2.97. The Bertz CT molecular complexity index is 691. The van der Waals surface area contributed by atoms with Crippen molar-refractivity contribution in [2.75, 3.05) is 19.7 Å². The van der Waals surface area contributed by atoms with Crippen LogP contribution in [0.4, 0.5) is 0 Å². The molecule has 0 heterocycles. The van der Waals surface area contributed by atoms with E-state index in [1.165, 1.54) is 5.56 Å². The van der Waals surface area contributed by atoms with E-state index in [2.05, 4.69) is 0 Å². The summed E-state index contributed by atoms with van der Waals surface area (Å²) in [5.74, 6) is 0.826. The molecule has 0 aromatic heterocycles. The van der Waals surface area contributed by atoms with Gasteiger partial charge in [-0.3, -0.25) is 9.59 Å². The molecule has 0 fully saturated rings. The molecule has 0 spiro atoms. The van der Waals surface area contributed by atoms with Gasteiger partial charge in [0, 0.05) is 18.7 Å². The van der Waals surface area contributed by atoms with Crippen LogP contribution in [0.5, 0.6) is 5.75 Å². The number of rotatable bonds is 9. The fourth-order valence-corrected chi connectivity index (χ4v) is 2.76. The first-order chi connectivity index (χ1) is 12.2. The number of ether oxygens (including phenoxy) is 1. The second-order valence-electron chi connectivity index (χ2n) is 5.76. The Hall–Kier alpha value is -2.62. The number of aryl methyl sites for hydroxylation is 2. The third kappa shape index (κ3) is 5.18. The van der Waals surface area contributed by atoms with Crippen LogP contribution in [0.2, 0.25) is 0 Å². The summed E-state index contributed by atoms with van der Waals surface area (Å²) in [6.45, 7) is 5.47. The van der Waals surface area contributed by atoms with Gasteiger partial charge in [0.2, 0.25) is 0 Å². The summed E-state index contributed by atoms with van der Waals surface area (Å²) < 4.78 is 5.46. The van der Waals surface area contributed by atoms with Crippen LogP contribution in [0.25, 0.3) is 0 Å². The highest BCUT2D eigenvalue weighted by molar-refractivity contribution is 5.94. The lowest BCUT2D eigenvalue weighted by Crippen LogP contribution is -2.30. The van der Waals surface area contributed by atoms with Gasteiger partial charge in [-0.2, -0.15) is 0 Å². The molecule has 25 heavy (non-hydrogen) atoms. The molecule has 0 radical (unpaired) electrons. The monoisotopic (exact) mass is 339 g/mol. The molecule has 4 nitrogen and oxygen atoms in total. The molecule has 0 bridgehead atoms. The molecule has 0 saturated carbocycles. The van der Waals surface area contributed by atoms with Gasteiger partial charge in [0.05, 0.1) is 0 Å². The van der Waals surface area contributed by atoms with Crippen molar-refractivity contribution in [2.45, 2.75) is 26.7 Å². The molecule has 0 unspecified atom stereocenters. The lowest BCUT2D eigenvalue weighted by molar-refractivity contribution is -0.109. The minimum atomic E-state index is 0.0686. The summed E-state index contributed by atoms with van der Waals surface area (Å²) in [7, 11) is 0. The first-order valence-electron chi connectivity index (χ1n) is 8.72. The summed E-state index contributed by atoms with van der Waals surface area (Å²) >= 11 is 0. The van der Waals surface area contributed by atoms with Crippen molar-refractivity contribution in [3.8, 4) is 5.75 Å². The van der Waals surface area contributed by atoms with Crippen molar-refractivity contribution in [2.24, 2.45) is 0 Å². The van der Waals surface area contributed by atoms with Crippen LogP contribution in [-0.2, 0) is 17.6 Å². The Morgan fingerprint density at radius 1 is 1.00 bits per heavy atom. The van der Waals surface area contributed by atoms with E-state index in [4.69, 9.17) is 4.74 Å². The molecule has 1 amide bonds. The van der Waals surface area contributed by atoms with Gasteiger partial charge >= 0.3 is 0 Å². The van der Waals surface area contributed by atoms with Crippen molar-refractivity contribution in [3.05, 3.63) is 65.2 Å². The average molecular weight is 339 g/mol. The van der Waals surface area contributed by atoms with Crippen molar-refractivity contribution in [1.82, 2.24) is 4.90 Å². The van der Waals surface area contributed by atoms with Crippen molar-refractivity contribution >= 4 is 12.2 Å². The van der Waals surface area contributed by atoms with Gasteiger partial charge in [-0.1, -0.05) is 30.3 Å². The van der Waals surface area contributed by atoms with Crippen LogP contribution >= 0.6 is 0 Å². The number of hydrogen-bond donors (Lipinski definition) is 0. The number of hydrogen-bond acceptors (Lipinski definition) is 3. The second-order valence-corrected chi connectivity index (χ2v) is 5.76. The number of benzene rings is 2. The number of aldehydes is 1. The Morgan fingerprint density at radius 2 is 1.68 bits per heavy atom. The van der Waals surface area contributed by atoms with E-state index in [9.17, 15) is 9.59 Å². The molecule has 4 heteroatoms. The van der Waals surface area contributed by atoms with Crippen LogP contribution in [0.15, 0.2) is 48.5 Å². The number of carbonyl (C=O) groups excluding carboxylic acids is 2. The lowest BCUT2D eigenvalue weighted by atomic mass is 10.0. The fourth-order valence-electron chi connectivity index (χ4n) is 2.76. The lowest BCUT2D eigenvalue weighted by Gasteiger charge is -2.18. The summed E-state index contributed by atoms with van der Waals surface area (Å²) in [6, 6.07) is 15.6. The molecular weight excluding hydrogens is 314 g/mol. The van der Waals surface area contributed by atoms with Crippen LogP contribution in [-0.4, -0.2) is 36.8 Å². The molecule has 0 aliphatic carbocycles. The first-order valence-corrected chi connectivity index (χ1v) is 8.72. The van der Waals surface area contributed by atoms with E-state index in [1.54, 1.807) is 0 Å². The van der Waals surface area contributed by atoms with Gasteiger partial charge in [0.25, 0.3) is 5.91 Å². The maximum atomic E-state index is 12.3. The maximum absolute atomic E-state index is 12.3. The zero-order valence-electron chi connectivity index (χ0n) is 14.9.